The summed E-state index contributed by atoms with van der Waals surface area (Å²) in [4.78, 5) is 2.69. The molecule has 16 heavy (non-hydrogen) atoms. The van der Waals surface area contributed by atoms with E-state index in [4.69, 9.17) is 10.5 Å². The molecule has 0 aromatic rings. The molecule has 0 spiro atoms. The lowest BCUT2D eigenvalue weighted by Gasteiger charge is -2.40. The summed E-state index contributed by atoms with van der Waals surface area (Å²) in [5, 5.41) is 0. The molecule has 94 valence electrons. The van der Waals surface area contributed by atoms with Crippen molar-refractivity contribution in [1.29, 1.82) is 0 Å². The van der Waals surface area contributed by atoms with Gasteiger partial charge in [0.2, 0.25) is 0 Å². The fraction of sp³-hybridized carbons (Fsp3) is 1.00. The largest absolute Gasteiger partial charge is 0.384 e. The van der Waals surface area contributed by atoms with Crippen LogP contribution in [0.1, 0.15) is 38.5 Å². The molecule has 2 aliphatic rings. The van der Waals surface area contributed by atoms with Gasteiger partial charge in [-0.05, 0) is 51.0 Å². The van der Waals surface area contributed by atoms with Crippen LogP contribution in [0.15, 0.2) is 0 Å². The molecule has 3 heteroatoms. The monoisotopic (exact) mass is 226 g/mol. The molecule has 1 atom stereocenters. The summed E-state index contributed by atoms with van der Waals surface area (Å²) < 4.78 is 5.29. The van der Waals surface area contributed by atoms with Crippen LogP contribution in [-0.4, -0.2) is 43.8 Å². The zero-order valence-corrected chi connectivity index (χ0v) is 10.5. The third-order valence-corrected chi connectivity index (χ3v) is 4.21. The minimum atomic E-state index is 0.468. The van der Waals surface area contributed by atoms with Crippen molar-refractivity contribution in [3.8, 4) is 0 Å². The number of methoxy groups -OCH3 is 1. The lowest BCUT2D eigenvalue weighted by atomic mass is 9.88. The van der Waals surface area contributed by atoms with Gasteiger partial charge in [-0.25, -0.2) is 0 Å². The molecule has 0 amide bonds. The van der Waals surface area contributed by atoms with Crippen molar-refractivity contribution in [2.45, 2.75) is 50.6 Å². The number of hydrogen-bond acceptors (Lipinski definition) is 3. The zero-order chi connectivity index (χ0) is 11.4. The van der Waals surface area contributed by atoms with Gasteiger partial charge in [0.25, 0.3) is 0 Å². The topological polar surface area (TPSA) is 38.5 Å². The Morgan fingerprint density at radius 3 is 2.62 bits per heavy atom. The molecule has 1 heterocycles. The second-order valence-electron chi connectivity index (χ2n) is 5.53. The number of likely N-dealkylation sites (tertiary alicyclic amines) is 1. The number of nitrogens with two attached hydrogens (primary N) is 1. The SMILES string of the molecule is COCC1CCCN(C2CCC(N)CC2)C1. The van der Waals surface area contributed by atoms with E-state index in [1.165, 1.54) is 51.6 Å². The molecular weight excluding hydrogens is 200 g/mol. The third kappa shape index (κ3) is 3.19. The Morgan fingerprint density at radius 2 is 1.94 bits per heavy atom. The fourth-order valence-electron chi connectivity index (χ4n) is 3.27. The van der Waals surface area contributed by atoms with E-state index in [9.17, 15) is 0 Å². The maximum atomic E-state index is 5.96. The highest BCUT2D eigenvalue weighted by Gasteiger charge is 2.28. The number of piperidine rings is 1. The quantitative estimate of drug-likeness (QED) is 0.794. The van der Waals surface area contributed by atoms with Crippen LogP contribution in [0.25, 0.3) is 0 Å². The first-order valence-electron chi connectivity index (χ1n) is 6.78. The van der Waals surface area contributed by atoms with Gasteiger partial charge in [0.05, 0.1) is 6.61 Å². The van der Waals surface area contributed by atoms with Crippen LogP contribution in [0.5, 0.6) is 0 Å². The Kier molecular flexibility index (Phi) is 4.62. The van der Waals surface area contributed by atoms with E-state index in [2.05, 4.69) is 4.90 Å². The molecule has 1 saturated heterocycles. The molecule has 2 fully saturated rings. The van der Waals surface area contributed by atoms with Crippen molar-refractivity contribution >= 4 is 0 Å². The summed E-state index contributed by atoms with van der Waals surface area (Å²) in [7, 11) is 1.82. The van der Waals surface area contributed by atoms with E-state index >= 15 is 0 Å². The maximum Gasteiger partial charge on any atom is 0.0502 e. The lowest BCUT2D eigenvalue weighted by molar-refractivity contribution is 0.0552. The van der Waals surface area contributed by atoms with Crippen LogP contribution in [0.2, 0.25) is 0 Å². The molecule has 2 rings (SSSR count). The number of nitrogens with zero attached hydrogens (tertiary/aromatic N) is 1. The molecule has 1 aliphatic heterocycles. The van der Waals surface area contributed by atoms with Gasteiger partial charge in [-0.2, -0.15) is 0 Å². The Labute approximate surface area is 99.3 Å². The van der Waals surface area contributed by atoms with Gasteiger partial charge in [-0.1, -0.05) is 0 Å². The zero-order valence-electron chi connectivity index (χ0n) is 10.5. The molecule has 3 nitrogen and oxygen atoms in total. The molecule has 1 aliphatic carbocycles. The van der Waals surface area contributed by atoms with E-state index < -0.39 is 0 Å². The first-order valence-corrected chi connectivity index (χ1v) is 6.78. The highest BCUT2D eigenvalue weighted by molar-refractivity contribution is 4.84. The average Bonchev–Trinajstić information content (AvgIpc) is 2.31. The van der Waals surface area contributed by atoms with Crippen molar-refractivity contribution in [2.75, 3.05) is 26.8 Å². The maximum absolute atomic E-state index is 5.96. The van der Waals surface area contributed by atoms with Gasteiger partial charge in [0.1, 0.15) is 0 Å². The molecule has 2 N–H and O–H groups in total. The molecule has 0 aromatic carbocycles. The molecule has 1 unspecified atom stereocenters. The first-order chi connectivity index (χ1) is 7.79. The van der Waals surface area contributed by atoms with E-state index in [1.807, 2.05) is 7.11 Å². The summed E-state index contributed by atoms with van der Waals surface area (Å²) in [6.07, 6.45) is 7.74. The lowest BCUT2D eigenvalue weighted by Crippen LogP contribution is -2.46. The summed E-state index contributed by atoms with van der Waals surface area (Å²) >= 11 is 0. The Morgan fingerprint density at radius 1 is 1.19 bits per heavy atom. The third-order valence-electron chi connectivity index (χ3n) is 4.21. The minimum Gasteiger partial charge on any atom is -0.384 e. The summed E-state index contributed by atoms with van der Waals surface area (Å²) in [5.74, 6) is 0.759. The van der Waals surface area contributed by atoms with Gasteiger partial charge in [0.15, 0.2) is 0 Å². The molecule has 0 aromatic heterocycles. The van der Waals surface area contributed by atoms with Crippen molar-refractivity contribution in [2.24, 2.45) is 11.7 Å². The normalized spacial score (nSPS) is 37.5. The van der Waals surface area contributed by atoms with E-state index in [0.717, 1.165) is 18.6 Å². The number of ether oxygens (including phenoxy) is 1. The fourth-order valence-corrected chi connectivity index (χ4v) is 3.27. The standard InChI is InChI=1S/C13H26N2O/c1-16-10-11-3-2-8-15(9-11)13-6-4-12(14)5-7-13/h11-13H,2-10,14H2,1H3. The van der Waals surface area contributed by atoms with Crippen LogP contribution in [0.4, 0.5) is 0 Å². The summed E-state index contributed by atoms with van der Waals surface area (Å²) in [5.41, 5.74) is 5.96. The Bertz CT molecular complexity index is 200. The van der Waals surface area contributed by atoms with Gasteiger partial charge in [-0.3, -0.25) is 0 Å². The highest BCUT2D eigenvalue weighted by Crippen LogP contribution is 2.26. The van der Waals surface area contributed by atoms with Crippen molar-refractivity contribution < 1.29 is 4.74 Å². The second-order valence-corrected chi connectivity index (χ2v) is 5.53. The van der Waals surface area contributed by atoms with Crippen LogP contribution in [-0.2, 0) is 4.74 Å². The Balaban J connectivity index is 1.80. The predicted octanol–water partition coefficient (Wildman–Crippen LogP) is 1.61. The van der Waals surface area contributed by atoms with Gasteiger partial charge in [0, 0.05) is 25.7 Å². The van der Waals surface area contributed by atoms with E-state index in [1.54, 1.807) is 0 Å². The number of hydrogen-bond donors (Lipinski definition) is 1. The van der Waals surface area contributed by atoms with Crippen LogP contribution in [0, 0.1) is 5.92 Å². The predicted molar refractivity (Wildman–Crippen MR) is 66.4 cm³/mol. The molecule has 0 bridgehead atoms. The molecule has 0 radical (unpaired) electrons. The summed E-state index contributed by atoms with van der Waals surface area (Å²) in [6.45, 7) is 3.47. The summed E-state index contributed by atoms with van der Waals surface area (Å²) in [6, 6.07) is 1.27. The molecule has 1 saturated carbocycles. The highest BCUT2D eigenvalue weighted by atomic mass is 16.5. The van der Waals surface area contributed by atoms with Crippen LogP contribution >= 0.6 is 0 Å². The van der Waals surface area contributed by atoms with E-state index in [0.29, 0.717) is 6.04 Å². The smallest absolute Gasteiger partial charge is 0.0502 e. The van der Waals surface area contributed by atoms with Gasteiger partial charge >= 0.3 is 0 Å². The van der Waals surface area contributed by atoms with Crippen molar-refractivity contribution in [1.82, 2.24) is 4.90 Å². The van der Waals surface area contributed by atoms with Gasteiger partial charge < -0.3 is 15.4 Å². The van der Waals surface area contributed by atoms with E-state index in [-0.39, 0.29) is 0 Å². The van der Waals surface area contributed by atoms with Gasteiger partial charge in [-0.15, -0.1) is 0 Å². The second kappa shape index (κ2) is 5.99. The van der Waals surface area contributed by atoms with Crippen molar-refractivity contribution in [3.63, 3.8) is 0 Å². The molecular formula is C13H26N2O. The van der Waals surface area contributed by atoms with Crippen molar-refractivity contribution in [3.05, 3.63) is 0 Å². The Hall–Kier alpha value is -0.120. The van der Waals surface area contributed by atoms with Crippen LogP contribution in [0.3, 0.4) is 0 Å². The number of rotatable bonds is 3. The van der Waals surface area contributed by atoms with Crippen LogP contribution < -0.4 is 5.73 Å². The first kappa shape index (κ1) is 12.3. The minimum absolute atomic E-state index is 0.468. The average molecular weight is 226 g/mol.